The number of fused-ring (bicyclic) bond motifs is 3. The van der Waals surface area contributed by atoms with Crippen LogP contribution < -0.4 is 31.4 Å². The molecule has 9 aromatic rings. The number of carbonyl (C=O) groups is 1. The number of amides is 1. The fourth-order valence-corrected chi connectivity index (χ4v) is 15.5. The summed E-state index contributed by atoms with van der Waals surface area (Å²) in [6, 6.07) is 34.9. The zero-order valence-corrected chi connectivity index (χ0v) is 63.1. The van der Waals surface area contributed by atoms with Crippen LogP contribution in [0.2, 0.25) is 15.1 Å². The van der Waals surface area contributed by atoms with E-state index in [1.807, 2.05) is 109 Å². The third-order valence-electron chi connectivity index (χ3n) is 18.8. The number of carbonyl (C=O) groups excluding carboxylic acids is 1. The molecule has 6 heterocycles. The number of anilines is 3. The molecule has 21 heteroatoms. The highest BCUT2D eigenvalue weighted by molar-refractivity contribution is 9.11. The van der Waals surface area contributed by atoms with Gasteiger partial charge in [0.1, 0.15) is 0 Å². The van der Waals surface area contributed by atoms with Crippen LogP contribution in [0, 0.1) is 19.7 Å². The number of benzene rings is 6. The second-order valence-electron chi connectivity index (χ2n) is 26.1. The molecule has 3 fully saturated rings. The molecule has 3 atom stereocenters. The predicted molar refractivity (Wildman–Crippen MR) is 433 cm³/mol. The van der Waals surface area contributed by atoms with Crippen LogP contribution in [0.25, 0.3) is 64.3 Å². The van der Waals surface area contributed by atoms with Crippen LogP contribution in [0.1, 0.15) is 158 Å². The van der Waals surface area contributed by atoms with Crippen molar-refractivity contribution < 1.29 is 9.18 Å². The van der Waals surface area contributed by atoms with Crippen molar-refractivity contribution in [3.63, 3.8) is 0 Å². The summed E-state index contributed by atoms with van der Waals surface area (Å²) in [5.41, 5.74) is 8.76. The van der Waals surface area contributed by atoms with E-state index in [4.69, 9.17) is 54.5 Å². The number of aromatic nitrogens is 3. The number of para-hydroxylation sites is 3. The minimum Gasteiger partial charge on any atom is -0.377 e. The lowest BCUT2D eigenvalue weighted by Crippen LogP contribution is -2.54. The van der Waals surface area contributed by atoms with Gasteiger partial charge in [0.25, 0.3) is 39.6 Å². The van der Waals surface area contributed by atoms with Gasteiger partial charge < -0.3 is 19.6 Å². The number of halogens is 7. The Morgan fingerprint density at radius 3 is 1.05 bits per heavy atom. The molecule has 0 unspecified atom stereocenters. The van der Waals surface area contributed by atoms with E-state index in [0.29, 0.717) is 48.4 Å². The number of piperazine rings is 1. The van der Waals surface area contributed by atoms with Gasteiger partial charge >= 0.3 is 0 Å². The topological polar surface area (TPSA) is 109 Å². The van der Waals surface area contributed by atoms with Gasteiger partial charge in [0.05, 0.1) is 85.5 Å². The van der Waals surface area contributed by atoms with Gasteiger partial charge in [-0.2, -0.15) is 0 Å². The van der Waals surface area contributed by atoms with Crippen LogP contribution in [0.5, 0.6) is 0 Å². The maximum Gasteiger partial charge on any atom is 0.282 e. The fraction of sp³-hybridized carbons (Fsp3) is 0.362. The van der Waals surface area contributed by atoms with E-state index in [0.717, 1.165) is 122 Å². The average Bonchev–Trinajstić information content (AvgIpc) is 0.746. The molecule has 530 valence electrons. The minimum atomic E-state index is -1.01. The lowest BCUT2D eigenvalue weighted by atomic mass is 9.99. The Morgan fingerprint density at radius 1 is 0.485 bits per heavy atom. The van der Waals surface area contributed by atoms with Crippen molar-refractivity contribution >= 4 is 155 Å². The molecule has 0 aliphatic carbocycles. The summed E-state index contributed by atoms with van der Waals surface area (Å²) in [6.45, 7) is 48.1. The Kier molecular flexibility index (Phi) is 27.2. The zero-order valence-electron chi connectivity index (χ0n) is 56.1. The molecule has 3 aromatic heterocycles. The first-order chi connectivity index (χ1) is 46.8. The third kappa shape index (κ3) is 15.8. The van der Waals surface area contributed by atoms with Crippen LogP contribution in [0.15, 0.2) is 149 Å². The highest BCUT2D eigenvalue weighted by atomic mass is 79.9. The first kappa shape index (κ1) is 80.6. The van der Waals surface area contributed by atoms with Gasteiger partial charge in [0.2, 0.25) is 0 Å². The molecule has 3 aliphatic rings. The molecule has 3 aliphatic heterocycles. The highest BCUT2D eigenvalue weighted by Gasteiger charge is 2.35. The summed E-state index contributed by atoms with van der Waals surface area (Å²) in [5.74, 6) is -1.15. The number of rotatable bonds is 10. The quantitative estimate of drug-likeness (QED) is 0.0991. The Hall–Kier alpha value is -7.73. The molecule has 0 saturated carbocycles. The van der Waals surface area contributed by atoms with Crippen molar-refractivity contribution in [3.8, 4) is 17.1 Å². The van der Waals surface area contributed by atoms with Crippen LogP contribution in [-0.4, -0.2) is 75.4 Å². The molecular formula is C80H87Br3Cl3FN10O4. The molecule has 3 saturated heterocycles. The summed E-state index contributed by atoms with van der Waals surface area (Å²) in [6.07, 6.45) is 6.51. The first-order valence-corrected chi connectivity index (χ1v) is 36.3. The number of hydrogen-bond donors (Lipinski definition) is 0. The summed E-state index contributed by atoms with van der Waals surface area (Å²) >= 11 is 30.1. The zero-order chi connectivity index (χ0) is 70.9. The summed E-state index contributed by atoms with van der Waals surface area (Å²) < 4.78 is 20.5. The van der Waals surface area contributed by atoms with E-state index in [9.17, 15) is 23.6 Å². The minimum absolute atomic E-state index is 0. The van der Waals surface area contributed by atoms with Crippen LogP contribution >= 0.6 is 82.6 Å². The van der Waals surface area contributed by atoms with Gasteiger partial charge in [-0.1, -0.05) is 160 Å². The molecule has 0 radical (unpaired) electrons. The third-order valence-corrected chi connectivity index (χ3v) is 22.4. The molecule has 6 aromatic carbocycles. The summed E-state index contributed by atoms with van der Waals surface area (Å²) in [7, 11) is 0. The Balaban J connectivity index is 0.000000210. The maximum absolute atomic E-state index is 14.0. The van der Waals surface area contributed by atoms with Gasteiger partial charge in [0.15, 0.2) is 5.83 Å². The molecule has 0 bridgehead atoms. The molecule has 1 amide bonds. The van der Waals surface area contributed by atoms with Crippen molar-refractivity contribution in [2.45, 2.75) is 159 Å². The lowest BCUT2D eigenvalue weighted by molar-refractivity contribution is -0.129. The molecule has 101 heavy (non-hydrogen) atoms. The first-order valence-electron chi connectivity index (χ1n) is 32.8. The smallest absolute Gasteiger partial charge is 0.282 e. The van der Waals surface area contributed by atoms with Gasteiger partial charge in [-0.3, -0.25) is 32.9 Å². The second-order valence-corrected chi connectivity index (χ2v) is 29.9. The van der Waals surface area contributed by atoms with E-state index in [-0.39, 0.29) is 99.4 Å². The monoisotopic (exact) mass is 1610 g/mol. The fourth-order valence-electron chi connectivity index (χ4n) is 14.0. The Morgan fingerprint density at radius 2 is 0.782 bits per heavy atom. The van der Waals surface area contributed by atoms with Crippen molar-refractivity contribution in [2.24, 2.45) is 0 Å². The van der Waals surface area contributed by atoms with Gasteiger partial charge in [0, 0.05) is 80.4 Å². The van der Waals surface area contributed by atoms with Gasteiger partial charge in [-0.05, 0) is 196 Å². The molecule has 0 N–H and O–H groups in total. The van der Waals surface area contributed by atoms with Crippen molar-refractivity contribution in [2.75, 3.05) is 47.4 Å². The summed E-state index contributed by atoms with van der Waals surface area (Å²) in [4.78, 5) is 72.8. The van der Waals surface area contributed by atoms with E-state index in [1.165, 1.54) is 4.90 Å². The van der Waals surface area contributed by atoms with Gasteiger partial charge in [-0.15, -0.1) is 0 Å². The summed E-state index contributed by atoms with van der Waals surface area (Å²) in [5, 5.41) is 3.90. The second kappa shape index (κ2) is 34.0. The predicted octanol–water partition coefficient (Wildman–Crippen LogP) is 23.4. The van der Waals surface area contributed by atoms with Crippen molar-refractivity contribution in [3.05, 3.63) is 232 Å². The van der Waals surface area contributed by atoms with E-state index in [2.05, 4.69) is 134 Å². The van der Waals surface area contributed by atoms with E-state index >= 15 is 0 Å². The largest absolute Gasteiger partial charge is 0.377 e. The van der Waals surface area contributed by atoms with Crippen molar-refractivity contribution in [1.82, 2.24) is 18.6 Å². The number of hydrogen-bond acceptors (Lipinski definition) is 7. The van der Waals surface area contributed by atoms with Crippen LogP contribution in [0.4, 0.5) is 38.5 Å². The molecule has 0 spiro atoms. The maximum atomic E-state index is 14.0. The molecule has 12 rings (SSSR count). The Bertz CT molecular complexity index is 4790. The highest BCUT2D eigenvalue weighted by Crippen LogP contribution is 2.46. The van der Waals surface area contributed by atoms with Crippen molar-refractivity contribution in [1.29, 1.82) is 0 Å². The molecular weight excluding hydrogens is 1530 g/mol. The molecule has 14 nitrogen and oxygen atoms in total. The van der Waals surface area contributed by atoms with Gasteiger partial charge in [-0.25, -0.2) is 18.9 Å². The number of pyridine rings is 3. The number of nitrogens with zero attached hydrogens (tertiary/aromatic N) is 10. The van der Waals surface area contributed by atoms with Crippen LogP contribution in [-0.2, 0) is 4.79 Å². The van der Waals surface area contributed by atoms with Crippen LogP contribution in [0.3, 0.4) is 0 Å². The van der Waals surface area contributed by atoms with E-state index in [1.54, 1.807) is 25.8 Å². The van der Waals surface area contributed by atoms with E-state index < -0.39 is 17.3 Å². The SMILES string of the molecule is C.C.C.[C-]#[N+]c1c(N2CCCC[C@@H]2C)c2cc(Cl)c(Br)cc2n(-c2ccccc2C(C)C)c1=O.[C-]#[N+]c1c(N2CCCC[C@@H]2C)c2cc(Cl)c(Br)cc2n(-c2ccccc2C(C)C)c1=O.[C-]#[N+]c1c(N2CCN(C(=O)C(=C)F)C[C@@H]2C)c2cc(Cl)c(Br)cc2n(-c2ccccc2C(C)C)c1=O. The Labute approximate surface area is 633 Å². The lowest BCUT2D eigenvalue weighted by Gasteiger charge is -2.42. The number of piperidine rings is 2. The standard InChI is InChI=1S/C27H25BrClFN4O2.2C25H25BrClN3O.3CH4/c1-15(2)18-8-6-7-9-22(18)34-23-13-20(28)21(29)12-19(23)25(24(31-5)27(34)36)33-11-10-32(14-16(33)3)26(35)17(4)30;2*1-15(2)17-10-5-6-11-21(17)30-22-14-19(26)20(27)13-18(22)24(23(28-4)25(30)31)29-12-8-7-9-16(29)3;;;/h6-9,12-13,15-16H,4,10-11,14H2,1-3H3;2*5-6,10-11,13-16H,7-9,12H2,1-3H3;3*1H4/t3*16-;;;/m000.../s1. The normalized spacial score (nSPS) is 15.9. The average molecular weight is 1620 g/mol.